The highest BCUT2D eigenvalue weighted by Crippen LogP contribution is 2.30. The molecule has 0 spiro atoms. The molecule has 0 saturated heterocycles. The summed E-state index contributed by atoms with van der Waals surface area (Å²) in [7, 11) is 0. The number of allylic oxidation sites excluding steroid dienone is 4. The third-order valence-electron chi connectivity index (χ3n) is 5.48. The molecule has 0 aliphatic rings. The van der Waals surface area contributed by atoms with Gasteiger partial charge in [-0.25, -0.2) is 9.97 Å². The molecule has 34 heavy (non-hydrogen) atoms. The van der Waals surface area contributed by atoms with Crippen molar-refractivity contribution in [3.8, 4) is 22.5 Å². The van der Waals surface area contributed by atoms with Gasteiger partial charge in [-0.1, -0.05) is 64.1 Å². The third kappa shape index (κ3) is 5.84. The van der Waals surface area contributed by atoms with Crippen LogP contribution in [0.15, 0.2) is 84.2 Å². The summed E-state index contributed by atoms with van der Waals surface area (Å²) in [6.45, 7) is 7.97. The Labute approximate surface area is 201 Å². The maximum atomic E-state index is 8.42. The van der Waals surface area contributed by atoms with Crippen molar-refractivity contribution in [2.75, 3.05) is 0 Å². The van der Waals surface area contributed by atoms with E-state index in [1.54, 1.807) is 12.2 Å². The summed E-state index contributed by atoms with van der Waals surface area (Å²) in [5.41, 5.74) is 18.3. The van der Waals surface area contributed by atoms with Gasteiger partial charge in [0.1, 0.15) is 0 Å². The van der Waals surface area contributed by atoms with Crippen molar-refractivity contribution in [1.29, 1.82) is 10.8 Å². The Morgan fingerprint density at radius 2 is 1.03 bits per heavy atom. The number of pyridine rings is 2. The molecule has 0 atom stereocenters. The van der Waals surface area contributed by atoms with Gasteiger partial charge in [0.15, 0.2) is 0 Å². The van der Waals surface area contributed by atoms with Crippen LogP contribution in [0.3, 0.4) is 0 Å². The first kappa shape index (κ1) is 24.6. The van der Waals surface area contributed by atoms with Crippen LogP contribution in [0.25, 0.3) is 22.5 Å². The van der Waals surface area contributed by atoms with E-state index in [9.17, 15) is 0 Å². The van der Waals surface area contributed by atoms with E-state index in [4.69, 9.17) is 32.3 Å². The summed E-state index contributed by atoms with van der Waals surface area (Å²) < 4.78 is 0. The maximum absolute atomic E-state index is 8.42. The summed E-state index contributed by atoms with van der Waals surface area (Å²) in [6.07, 6.45) is 3.32. The molecule has 2 heterocycles. The molecule has 3 rings (SSSR count). The van der Waals surface area contributed by atoms with Gasteiger partial charge < -0.3 is 11.5 Å². The first-order valence-corrected chi connectivity index (χ1v) is 11.3. The minimum absolute atomic E-state index is 0.159. The number of nitrogens with one attached hydrogen (secondary N) is 2. The topological polar surface area (TPSA) is 126 Å². The molecule has 0 radical (unpaired) electrons. The Kier molecular flexibility index (Phi) is 7.74. The Balaban J connectivity index is 2.01. The van der Waals surface area contributed by atoms with Crippen LogP contribution >= 0.6 is 0 Å². The van der Waals surface area contributed by atoms with E-state index in [1.165, 1.54) is 0 Å². The van der Waals surface area contributed by atoms with Crippen LogP contribution in [0, 0.1) is 22.7 Å². The highest BCUT2D eigenvalue weighted by atomic mass is 14.8. The van der Waals surface area contributed by atoms with Crippen molar-refractivity contribution in [2.24, 2.45) is 23.3 Å². The van der Waals surface area contributed by atoms with Crippen molar-refractivity contribution in [3.05, 3.63) is 95.6 Å². The summed E-state index contributed by atoms with van der Waals surface area (Å²) >= 11 is 0. The first-order valence-electron chi connectivity index (χ1n) is 11.3. The lowest BCUT2D eigenvalue weighted by atomic mass is 9.99. The highest BCUT2D eigenvalue weighted by Gasteiger charge is 2.13. The van der Waals surface area contributed by atoms with Gasteiger partial charge in [0.25, 0.3) is 0 Å². The number of hydrogen-bond donors (Lipinski definition) is 4. The smallest absolute Gasteiger partial charge is 0.0887 e. The molecule has 2 aromatic heterocycles. The standard InChI is InChI=1S/C28H32N6/c1-17(2)21(29)15-23(31)27-13-7-11-25(33-27)19-9-5-6-10-20(19)26-12-8-14-28(34-26)24(32)16-22(30)18(3)4/h5-18,31-32H,29-30H2,1-4H3. The second-order valence-electron chi connectivity index (χ2n) is 8.79. The molecule has 3 aromatic rings. The zero-order valence-corrected chi connectivity index (χ0v) is 20.1. The average Bonchev–Trinajstić information content (AvgIpc) is 2.84. The van der Waals surface area contributed by atoms with Crippen molar-refractivity contribution in [1.82, 2.24) is 9.97 Å². The molecule has 0 fully saturated rings. The van der Waals surface area contributed by atoms with Gasteiger partial charge in [-0.3, -0.25) is 10.8 Å². The van der Waals surface area contributed by atoms with E-state index >= 15 is 0 Å². The molecule has 0 aliphatic carbocycles. The molecule has 1 aromatic carbocycles. The van der Waals surface area contributed by atoms with Crippen LogP contribution in [-0.4, -0.2) is 21.4 Å². The zero-order valence-electron chi connectivity index (χ0n) is 20.1. The summed E-state index contributed by atoms with van der Waals surface area (Å²) in [6, 6.07) is 19.1. The van der Waals surface area contributed by atoms with Crippen LogP contribution in [0.5, 0.6) is 0 Å². The second kappa shape index (κ2) is 10.7. The van der Waals surface area contributed by atoms with Gasteiger partial charge in [0.2, 0.25) is 0 Å². The average molecular weight is 453 g/mol. The van der Waals surface area contributed by atoms with Crippen LogP contribution in [0.4, 0.5) is 0 Å². The Bertz CT molecular complexity index is 1170. The zero-order chi connectivity index (χ0) is 24.8. The molecular weight excluding hydrogens is 420 g/mol. The molecule has 0 unspecified atom stereocenters. The van der Waals surface area contributed by atoms with E-state index in [-0.39, 0.29) is 23.3 Å². The van der Waals surface area contributed by atoms with E-state index in [0.717, 1.165) is 22.5 Å². The number of rotatable bonds is 8. The van der Waals surface area contributed by atoms with Crippen molar-refractivity contribution in [2.45, 2.75) is 27.7 Å². The molecule has 0 amide bonds. The molecule has 6 N–H and O–H groups in total. The maximum Gasteiger partial charge on any atom is 0.0887 e. The fraction of sp³-hybridized carbons (Fsp3) is 0.214. The number of nitrogens with two attached hydrogens (primary N) is 2. The number of aromatic nitrogens is 2. The van der Waals surface area contributed by atoms with Gasteiger partial charge in [-0.05, 0) is 48.3 Å². The quantitative estimate of drug-likeness (QED) is 0.335. The summed E-state index contributed by atoms with van der Waals surface area (Å²) in [5.74, 6) is 0.319. The van der Waals surface area contributed by atoms with E-state index in [2.05, 4.69) is 0 Å². The molecule has 6 nitrogen and oxygen atoms in total. The SMILES string of the molecule is CC(C)C(N)=CC(=N)c1cccc(-c2ccccc2-c2cccc(C(=N)C=C(N)C(C)C)n2)n1. The van der Waals surface area contributed by atoms with Crippen LogP contribution in [0.1, 0.15) is 39.1 Å². The lowest BCUT2D eigenvalue weighted by Crippen LogP contribution is -2.10. The third-order valence-corrected chi connectivity index (χ3v) is 5.48. The number of hydrogen-bond acceptors (Lipinski definition) is 6. The van der Waals surface area contributed by atoms with E-state index in [1.807, 2.05) is 88.4 Å². The van der Waals surface area contributed by atoms with Gasteiger partial charge in [0.05, 0.1) is 34.2 Å². The molecule has 6 heteroatoms. The minimum atomic E-state index is 0.159. The highest BCUT2D eigenvalue weighted by molar-refractivity contribution is 6.06. The monoisotopic (exact) mass is 452 g/mol. The van der Waals surface area contributed by atoms with Gasteiger partial charge in [-0.15, -0.1) is 0 Å². The number of benzene rings is 1. The normalized spacial score (nSPS) is 12.3. The molecule has 0 saturated carbocycles. The lowest BCUT2D eigenvalue weighted by molar-refractivity contribution is 0.758. The Morgan fingerprint density at radius 3 is 1.38 bits per heavy atom. The molecule has 174 valence electrons. The molecule has 0 bridgehead atoms. The predicted molar refractivity (Wildman–Crippen MR) is 141 cm³/mol. The van der Waals surface area contributed by atoms with E-state index < -0.39 is 0 Å². The van der Waals surface area contributed by atoms with Crippen molar-refractivity contribution >= 4 is 11.4 Å². The molecular formula is C28H32N6. The number of nitrogens with zero attached hydrogens (tertiary/aromatic N) is 2. The fourth-order valence-corrected chi connectivity index (χ4v) is 3.21. The lowest BCUT2D eigenvalue weighted by Gasteiger charge is -2.12. The van der Waals surface area contributed by atoms with E-state index in [0.29, 0.717) is 22.8 Å². The predicted octanol–water partition coefficient (Wildman–Crippen LogP) is 5.54. The van der Waals surface area contributed by atoms with Crippen LogP contribution in [0.2, 0.25) is 0 Å². The fourth-order valence-electron chi connectivity index (χ4n) is 3.21. The first-order chi connectivity index (χ1) is 16.2. The largest absolute Gasteiger partial charge is 0.402 e. The summed E-state index contributed by atoms with van der Waals surface area (Å²) in [4.78, 5) is 9.47. The molecule has 0 aliphatic heterocycles. The van der Waals surface area contributed by atoms with Gasteiger partial charge >= 0.3 is 0 Å². The van der Waals surface area contributed by atoms with Crippen molar-refractivity contribution in [3.63, 3.8) is 0 Å². The Hall–Kier alpha value is -4.06. The summed E-state index contributed by atoms with van der Waals surface area (Å²) in [5, 5.41) is 16.8. The second-order valence-corrected chi connectivity index (χ2v) is 8.79. The van der Waals surface area contributed by atoms with Crippen LogP contribution < -0.4 is 11.5 Å². The van der Waals surface area contributed by atoms with Gasteiger partial charge in [0, 0.05) is 22.5 Å². The minimum Gasteiger partial charge on any atom is -0.402 e. The Morgan fingerprint density at radius 1 is 0.647 bits per heavy atom. The van der Waals surface area contributed by atoms with Crippen LogP contribution in [-0.2, 0) is 0 Å². The van der Waals surface area contributed by atoms with Gasteiger partial charge in [-0.2, -0.15) is 0 Å². The van der Waals surface area contributed by atoms with Crippen molar-refractivity contribution < 1.29 is 0 Å².